The average molecular weight is 282 g/mol. The van der Waals surface area contributed by atoms with Gasteiger partial charge in [-0.15, -0.1) is 0 Å². The van der Waals surface area contributed by atoms with Crippen molar-refractivity contribution in [3.63, 3.8) is 0 Å². The quantitative estimate of drug-likeness (QED) is 0.862. The lowest BCUT2D eigenvalue weighted by molar-refractivity contribution is -0.154. The lowest BCUT2D eigenvalue weighted by Gasteiger charge is -2.24. The van der Waals surface area contributed by atoms with Crippen molar-refractivity contribution in [3.05, 3.63) is 22.1 Å². The molecule has 1 heterocycles. The van der Waals surface area contributed by atoms with Crippen LogP contribution >= 0.6 is 23.2 Å². The number of nitrogens with zero attached hydrogens (tertiary/aromatic N) is 1. The largest absolute Gasteiger partial charge is 0.478 e. The number of aromatic nitrogens is 1. The van der Waals surface area contributed by atoms with Crippen LogP contribution in [0.4, 0.5) is 4.39 Å². The van der Waals surface area contributed by atoms with Gasteiger partial charge in [0, 0.05) is 0 Å². The number of carbonyl (C=O) groups is 1. The van der Waals surface area contributed by atoms with E-state index in [0.29, 0.717) is 0 Å². The summed E-state index contributed by atoms with van der Waals surface area (Å²) in [5.74, 6) is -2.44. The summed E-state index contributed by atoms with van der Waals surface area (Å²) in [4.78, 5) is 14.4. The van der Waals surface area contributed by atoms with Crippen LogP contribution in [0.5, 0.6) is 5.88 Å². The maximum absolute atomic E-state index is 13.1. The highest BCUT2D eigenvalue weighted by molar-refractivity contribution is 6.35. The van der Waals surface area contributed by atoms with Gasteiger partial charge in [0.05, 0.1) is 5.02 Å². The minimum absolute atomic E-state index is 0.0441. The Labute approximate surface area is 107 Å². The first-order chi connectivity index (χ1) is 7.80. The summed E-state index contributed by atoms with van der Waals surface area (Å²) < 4.78 is 18.2. The van der Waals surface area contributed by atoms with Crippen LogP contribution in [0, 0.1) is 5.95 Å². The van der Waals surface area contributed by atoms with Crippen molar-refractivity contribution in [2.45, 2.75) is 25.9 Å². The molecule has 7 heteroatoms. The fourth-order valence-electron chi connectivity index (χ4n) is 0.981. The summed E-state index contributed by atoms with van der Waals surface area (Å²) in [7, 11) is 0. The van der Waals surface area contributed by atoms with Gasteiger partial charge in [0.25, 0.3) is 0 Å². The first-order valence-electron chi connectivity index (χ1n) is 4.74. The normalized spacial score (nSPS) is 14.2. The first kappa shape index (κ1) is 14.0. The van der Waals surface area contributed by atoms with E-state index in [-0.39, 0.29) is 22.3 Å². The Kier molecular flexibility index (Phi) is 4.16. The van der Waals surface area contributed by atoms with Gasteiger partial charge in [-0.3, -0.25) is 0 Å². The maximum Gasteiger partial charge on any atom is 0.347 e. The molecule has 4 nitrogen and oxygen atoms in total. The molecule has 0 saturated heterocycles. The topological polar surface area (TPSA) is 59.4 Å². The minimum Gasteiger partial charge on any atom is -0.478 e. The van der Waals surface area contributed by atoms with E-state index in [9.17, 15) is 9.18 Å². The second-order valence-corrected chi connectivity index (χ2v) is 4.35. The highest BCUT2D eigenvalue weighted by Gasteiger charge is 2.35. The summed E-state index contributed by atoms with van der Waals surface area (Å²) in [5, 5.41) is 8.69. The molecule has 1 aromatic heterocycles. The lowest BCUT2D eigenvalue weighted by Crippen LogP contribution is -2.41. The smallest absolute Gasteiger partial charge is 0.347 e. The van der Waals surface area contributed by atoms with Crippen LogP contribution < -0.4 is 4.74 Å². The van der Waals surface area contributed by atoms with Crippen molar-refractivity contribution in [2.24, 2.45) is 0 Å². The third-order valence-electron chi connectivity index (χ3n) is 2.30. The minimum atomic E-state index is -1.52. The molecule has 0 fully saturated rings. The zero-order valence-corrected chi connectivity index (χ0v) is 10.6. The van der Waals surface area contributed by atoms with Crippen LogP contribution in [0.2, 0.25) is 10.0 Å². The van der Waals surface area contributed by atoms with Crippen LogP contribution in [0.25, 0.3) is 0 Å². The van der Waals surface area contributed by atoms with Crippen molar-refractivity contribution in [1.82, 2.24) is 4.98 Å². The van der Waals surface area contributed by atoms with E-state index in [1.54, 1.807) is 6.92 Å². The number of hydrogen-bond donors (Lipinski definition) is 1. The van der Waals surface area contributed by atoms with Crippen LogP contribution in [0.15, 0.2) is 6.07 Å². The molecule has 0 amide bonds. The predicted octanol–water partition coefficient (Wildman–Crippen LogP) is 3.16. The molecule has 0 aliphatic carbocycles. The SMILES string of the molecule is CCC(C)(Oc1nc(F)c(Cl)cc1Cl)C(=O)O. The van der Waals surface area contributed by atoms with Gasteiger partial charge in [0.1, 0.15) is 5.02 Å². The molecule has 1 N–H and O–H groups in total. The van der Waals surface area contributed by atoms with E-state index in [2.05, 4.69) is 4.98 Å². The van der Waals surface area contributed by atoms with Crippen molar-refractivity contribution < 1.29 is 19.0 Å². The fourth-order valence-corrected chi connectivity index (χ4v) is 1.38. The molecule has 0 saturated carbocycles. The standard InChI is InChI=1S/C10H10Cl2FNO3/c1-3-10(2,9(15)16)17-8-6(12)4-5(11)7(13)14-8/h4H,3H2,1-2H3,(H,15,16). The highest BCUT2D eigenvalue weighted by Crippen LogP contribution is 2.30. The molecule has 0 aromatic carbocycles. The molecule has 17 heavy (non-hydrogen) atoms. The second kappa shape index (κ2) is 5.06. The van der Waals surface area contributed by atoms with Gasteiger partial charge >= 0.3 is 5.97 Å². The number of carboxylic acids is 1. The summed E-state index contributed by atoms with van der Waals surface area (Å²) in [6.45, 7) is 2.97. The highest BCUT2D eigenvalue weighted by atomic mass is 35.5. The Morgan fingerprint density at radius 2 is 2.18 bits per heavy atom. The van der Waals surface area contributed by atoms with Crippen molar-refractivity contribution in [2.75, 3.05) is 0 Å². The zero-order chi connectivity index (χ0) is 13.2. The summed E-state index contributed by atoms with van der Waals surface area (Å²) in [5.41, 5.74) is -1.52. The molecule has 94 valence electrons. The van der Waals surface area contributed by atoms with E-state index in [1.807, 2.05) is 0 Å². The van der Waals surface area contributed by atoms with Crippen molar-refractivity contribution >= 4 is 29.2 Å². The Balaban J connectivity index is 3.10. The second-order valence-electron chi connectivity index (χ2n) is 3.54. The third-order valence-corrected chi connectivity index (χ3v) is 2.84. The molecule has 1 aromatic rings. The van der Waals surface area contributed by atoms with Crippen molar-refractivity contribution in [1.29, 1.82) is 0 Å². The Morgan fingerprint density at radius 1 is 1.59 bits per heavy atom. The molecule has 0 radical (unpaired) electrons. The van der Waals surface area contributed by atoms with Gasteiger partial charge in [-0.2, -0.15) is 9.37 Å². The summed E-state index contributed by atoms with van der Waals surface area (Å²) in [6.07, 6.45) is 0.171. The van der Waals surface area contributed by atoms with Gasteiger partial charge in [-0.1, -0.05) is 30.1 Å². The van der Waals surface area contributed by atoms with Gasteiger partial charge < -0.3 is 9.84 Å². The van der Waals surface area contributed by atoms with Crippen LogP contribution in [0.3, 0.4) is 0 Å². The maximum atomic E-state index is 13.1. The van der Waals surface area contributed by atoms with E-state index in [4.69, 9.17) is 33.0 Å². The number of hydrogen-bond acceptors (Lipinski definition) is 3. The summed E-state index contributed by atoms with van der Waals surface area (Å²) >= 11 is 11.2. The van der Waals surface area contributed by atoms with E-state index in [0.717, 1.165) is 6.07 Å². The number of pyridine rings is 1. The van der Waals surface area contributed by atoms with E-state index < -0.39 is 17.5 Å². The van der Waals surface area contributed by atoms with Crippen LogP contribution in [0.1, 0.15) is 20.3 Å². The molecular formula is C10H10Cl2FNO3. The van der Waals surface area contributed by atoms with Crippen LogP contribution in [-0.4, -0.2) is 21.7 Å². The molecule has 0 spiro atoms. The summed E-state index contributed by atoms with van der Waals surface area (Å²) in [6, 6.07) is 1.11. The van der Waals surface area contributed by atoms with Crippen LogP contribution in [-0.2, 0) is 4.79 Å². The Morgan fingerprint density at radius 3 is 2.65 bits per heavy atom. The lowest BCUT2D eigenvalue weighted by atomic mass is 10.0. The molecular weight excluding hydrogens is 272 g/mol. The number of ether oxygens (including phenoxy) is 1. The molecule has 0 aliphatic heterocycles. The molecule has 1 unspecified atom stereocenters. The molecule has 0 bridgehead atoms. The number of carboxylic acid groups (broad SMARTS) is 1. The fraction of sp³-hybridized carbons (Fsp3) is 0.400. The number of halogens is 3. The Bertz CT molecular complexity index is 455. The van der Waals surface area contributed by atoms with Crippen molar-refractivity contribution in [3.8, 4) is 5.88 Å². The zero-order valence-electron chi connectivity index (χ0n) is 9.13. The monoisotopic (exact) mass is 281 g/mol. The van der Waals surface area contributed by atoms with E-state index in [1.165, 1.54) is 6.92 Å². The molecule has 0 aliphatic rings. The van der Waals surface area contributed by atoms with Gasteiger partial charge in [0.2, 0.25) is 17.4 Å². The molecule has 1 atom stereocenters. The Hall–Kier alpha value is -1.07. The first-order valence-corrected chi connectivity index (χ1v) is 5.49. The average Bonchev–Trinajstić information content (AvgIpc) is 2.25. The predicted molar refractivity (Wildman–Crippen MR) is 61.2 cm³/mol. The third kappa shape index (κ3) is 2.98. The van der Waals surface area contributed by atoms with Gasteiger partial charge in [-0.05, 0) is 19.4 Å². The van der Waals surface area contributed by atoms with Gasteiger partial charge in [-0.25, -0.2) is 4.79 Å². The number of rotatable bonds is 4. The van der Waals surface area contributed by atoms with Gasteiger partial charge in [0.15, 0.2) is 0 Å². The number of aliphatic carboxylic acids is 1. The molecule has 1 rings (SSSR count). The van der Waals surface area contributed by atoms with E-state index >= 15 is 0 Å².